The van der Waals surface area contributed by atoms with Crippen molar-refractivity contribution in [2.45, 2.75) is 207 Å². The van der Waals surface area contributed by atoms with Crippen molar-refractivity contribution in [3.63, 3.8) is 0 Å². The number of carbonyl (C=O) groups is 3. The minimum Gasteiger partial charge on any atom is -0.478 e. The average molecular weight is 1760 g/mol. The first-order valence-corrected chi connectivity index (χ1v) is 48.1. The Morgan fingerprint density at radius 1 is 0.449 bits per heavy atom. The highest BCUT2D eigenvalue weighted by atomic mass is 32.1. The van der Waals surface area contributed by atoms with Crippen molar-refractivity contribution >= 4 is 68.7 Å². The Hall–Kier alpha value is -11.0. The molecule has 27 heteroatoms. The summed E-state index contributed by atoms with van der Waals surface area (Å²) in [6.07, 6.45) is 45.4. The Balaban J connectivity index is 0.000000122. The Bertz CT molecular complexity index is 5550. The summed E-state index contributed by atoms with van der Waals surface area (Å²) in [5.74, 6) is 1.56. The molecule has 662 valence electrons. The fourth-order valence-electron chi connectivity index (χ4n) is 19.3. The number of rotatable bonds is 12. The molecular formula is C100H120N20O4S3. The molecule has 2 amide bonds. The van der Waals surface area contributed by atoms with Gasteiger partial charge in [0.15, 0.2) is 16.9 Å². The summed E-state index contributed by atoms with van der Waals surface area (Å²) in [5.41, 5.74) is 16.1. The van der Waals surface area contributed by atoms with E-state index in [0.717, 1.165) is 155 Å². The van der Waals surface area contributed by atoms with Gasteiger partial charge in [0.05, 0.1) is 95.3 Å². The summed E-state index contributed by atoms with van der Waals surface area (Å²) in [6.45, 7) is 19.3. The molecule has 127 heavy (non-hydrogen) atoms. The van der Waals surface area contributed by atoms with Crippen LogP contribution in [0.4, 0.5) is 0 Å². The van der Waals surface area contributed by atoms with Gasteiger partial charge in [-0.25, -0.2) is 33.3 Å². The molecule has 4 N–H and O–H groups in total. The topological polar surface area (TPSA) is 272 Å². The van der Waals surface area contributed by atoms with Gasteiger partial charge in [-0.1, -0.05) is 70.4 Å². The first-order valence-electron chi connectivity index (χ1n) is 45.4. The molecule has 14 aromatic heterocycles. The zero-order chi connectivity index (χ0) is 86.7. The number of hydrogen-bond donors (Lipinski definition) is 4. The van der Waals surface area contributed by atoms with Crippen molar-refractivity contribution in [3.05, 3.63) is 239 Å². The van der Waals surface area contributed by atoms with Crippen molar-refractivity contribution in [2.75, 3.05) is 45.8 Å². The third kappa shape index (κ3) is 22.4. The van der Waals surface area contributed by atoms with Gasteiger partial charge in [-0.05, 0) is 287 Å². The van der Waals surface area contributed by atoms with Crippen LogP contribution in [0.5, 0.6) is 0 Å². The average Bonchev–Trinajstić information content (AvgIpc) is 1.70. The number of aromatic carboxylic acids is 1. The van der Waals surface area contributed by atoms with Crippen LogP contribution in [0.3, 0.4) is 0 Å². The molecule has 22 rings (SSSR count). The first kappa shape index (κ1) is 90.7. The summed E-state index contributed by atoms with van der Waals surface area (Å²) < 4.78 is 5.17. The highest BCUT2D eigenvalue weighted by Crippen LogP contribution is 2.39. The van der Waals surface area contributed by atoms with E-state index >= 15 is 0 Å². The Labute approximate surface area is 757 Å². The monoisotopic (exact) mass is 1760 g/mol. The molecule has 0 aromatic carbocycles. The summed E-state index contributed by atoms with van der Waals surface area (Å²) in [4.78, 5) is 84.4. The fourth-order valence-corrected chi connectivity index (χ4v) is 21.4. The molecule has 0 spiro atoms. The van der Waals surface area contributed by atoms with E-state index in [1.165, 1.54) is 144 Å². The largest absolute Gasteiger partial charge is 0.478 e. The van der Waals surface area contributed by atoms with E-state index < -0.39 is 5.97 Å². The van der Waals surface area contributed by atoms with Crippen molar-refractivity contribution < 1.29 is 19.5 Å². The molecule has 4 saturated heterocycles. The van der Waals surface area contributed by atoms with Gasteiger partial charge in [0.1, 0.15) is 0 Å². The molecule has 24 nitrogen and oxygen atoms in total. The van der Waals surface area contributed by atoms with Crippen molar-refractivity contribution in [3.8, 4) is 65.5 Å². The number of likely N-dealkylation sites (tertiary alicyclic amines) is 2. The predicted octanol–water partition coefficient (Wildman–Crippen LogP) is 19.6. The van der Waals surface area contributed by atoms with Crippen LogP contribution in [-0.2, 0) is 25.8 Å². The molecule has 0 bridgehead atoms. The van der Waals surface area contributed by atoms with E-state index in [0.29, 0.717) is 58.0 Å². The van der Waals surface area contributed by atoms with Gasteiger partial charge < -0.3 is 30.9 Å². The van der Waals surface area contributed by atoms with Crippen molar-refractivity contribution in [1.82, 2.24) is 99.4 Å². The minimum atomic E-state index is -0.989. The number of carboxylic acids is 1. The number of carboxylic acid groups (broad SMARTS) is 1. The summed E-state index contributed by atoms with van der Waals surface area (Å²) in [6, 6.07) is 39.8. The lowest BCUT2D eigenvalue weighted by Crippen LogP contribution is -2.56. The minimum absolute atomic E-state index is 0. The molecule has 0 radical (unpaired) electrons. The Morgan fingerprint density at radius 2 is 0.913 bits per heavy atom. The van der Waals surface area contributed by atoms with Crippen LogP contribution in [0.25, 0.3) is 82.4 Å². The number of thiophene rings is 3. The Morgan fingerprint density at radius 3 is 1.40 bits per heavy atom. The van der Waals surface area contributed by atoms with Gasteiger partial charge in [0, 0.05) is 123 Å². The molecule has 19 heterocycles. The molecule has 5 aliphatic heterocycles. The highest BCUT2D eigenvalue weighted by molar-refractivity contribution is 7.14. The smallest absolute Gasteiger partial charge is 0.335 e. The second kappa shape index (κ2) is 44.1. The zero-order valence-corrected chi connectivity index (χ0v) is 75.4. The first-order chi connectivity index (χ1) is 61.8. The van der Waals surface area contributed by atoms with Crippen molar-refractivity contribution in [2.24, 2.45) is 17.8 Å². The number of nitrogens with zero attached hydrogens (tertiary/aromatic N) is 17. The van der Waals surface area contributed by atoms with Gasteiger partial charge in [0.25, 0.3) is 11.8 Å². The number of piperidine rings is 4. The Kier molecular flexibility index (Phi) is 31.5. The number of fused-ring (bicyclic) bond motifs is 8. The number of carbonyl (C=O) groups excluding carboxylic acids is 2. The molecule has 6 fully saturated rings. The number of nitrogens with one attached hydrogen (secondary N) is 3. The van der Waals surface area contributed by atoms with E-state index in [1.54, 1.807) is 78.5 Å². The number of amides is 2. The number of hydrogen-bond acceptors (Lipinski definition) is 21. The number of pyridine rings is 5. The van der Waals surface area contributed by atoms with Crippen LogP contribution in [-0.4, -0.2) is 182 Å². The lowest BCUT2D eigenvalue weighted by atomic mass is 9.78. The van der Waals surface area contributed by atoms with Crippen LogP contribution >= 0.6 is 34.0 Å². The van der Waals surface area contributed by atoms with Gasteiger partial charge in [-0.15, -0.1) is 34.0 Å². The second-order valence-corrected chi connectivity index (χ2v) is 37.1. The maximum Gasteiger partial charge on any atom is 0.335 e. The molecule has 14 aromatic rings. The quantitative estimate of drug-likeness (QED) is 0.0885. The van der Waals surface area contributed by atoms with Gasteiger partial charge in [-0.2, -0.15) is 15.3 Å². The lowest BCUT2D eigenvalue weighted by Gasteiger charge is -2.44. The summed E-state index contributed by atoms with van der Waals surface area (Å²) in [7, 11) is 0. The van der Waals surface area contributed by atoms with E-state index in [9.17, 15) is 14.4 Å². The molecule has 8 aliphatic rings. The number of aryl methyl sites for hydroxylation is 2. The second-order valence-electron chi connectivity index (χ2n) is 34.3. The standard InChI is InChI=1S/C25H25N5OS.C24H24N6OS.C16H10N4O2S.C9H17N.C9H11N.C8H10N2.C8H19N.CH4/c31-25(29-12-3-6-17-5-1-2-7-22(17)29)18-9-11-26-21(15-18)19-16-27-30-13-10-20(28-24(19)30)23-8-4-14-32-23;31-24(29-10-1-3-16-5-8-25-15-21(16)29)17-6-9-26-20(13-17)18-14-27-30-11-7-19(28-23(18)30)22-4-2-12-32-22;21-16(22)10-3-5-17-13(8-10)11-9-18-20-6-4-12(19-15(11)20)14-2-1-7-23-14;2*1-2-6-9-8(4-1)5-3-7-10-9;1-2-7-3-5-9-6-8(7)10-4-1;1-6-9(7(2)3)8(4)5;/h4,8-11,13-17,22H,1-3,5-7,12H2;2,4,6-7,9,11-14,16,21,25H,1,3,5,8,10,15H2;1-9H,(H,21,22);8-10H,1-7H2;3,5,7H,1-2,4,6H2;1-2,4,9H,3,5-6H2;7-8H,6H2,1-5H3;1H4/t17-,22-;16-,21+;;8-,9-;;;;/m01.0..../s1. The molecule has 6 atom stereocenters. The van der Waals surface area contributed by atoms with E-state index in [-0.39, 0.29) is 30.8 Å². The molecule has 0 unspecified atom stereocenters. The summed E-state index contributed by atoms with van der Waals surface area (Å²) in [5, 5.41) is 38.8. The predicted molar refractivity (Wildman–Crippen MR) is 509 cm³/mol. The van der Waals surface area contributed by atoms with Crippen LogP contribution in [0.15, 0.2) is 200 Å². The highest BCUT2D eigenvalue weighted by Gasteiger charge is 2.38. The van der Waals surface area contributed by atoms with Crippen LogP contribution in [0.1, 0.15) is 205 Å². The molecule has 2 saturated carbocycles. The fraction of sp³-hybridized carbons (Fsp3) is 0.420. The van der Waals surface area contributed by atoms with Gasteiger partial charge in [0.2, 0.25) is 0 Å². The van der Waals surface area contributed by atoms with E-state index in [4.69, 9.17) is 15.1 Å². The normalized spacial score (nSPS) is 19.2. The SMILES string of the molecule is C.C1CC[C@@H]2NCCC[C@@H]2C1.CCN(C(C)C)C(C)C.O=C(O)c1ccnc(-c2cnn3ccc(-c4cccs4)nc23)c1.O=C(c1ccnc(-c2cnn3ccc(-c4cccs4)nc23)c1)N1CCC[C@@H]2CCCC[C@@H]21.O=C(c1ccnc(-c2cnn3ccc(-c4cccs4)nc23)c1)N1CCC[C@@H]2CCNC[C@@H]21.c1cnc2c(c1)CCCC2.c1cnc2c(c1)CCNC2. The van der Waals surface area contributed by atoms with Crippen LogP contribution < -0.4 is 16.0 Å². The van der Waals surface area contributed by atoms with E-state index in [2.05, 4.69) is 135 Å². The third-order valence-electron chi connectivity index (χ3n) is 25.7. The van der Waals surface area contributed by atoms with Crippen LogP contribution in [0, 0.1) is 17.8 Å². The molecule has 3 aliphatic carbocycles. The van der Waals surface area contributed by atoms with Gasteiger partial charge >= 0.3 is 5.97 Å². The lowest BCUT2D eigenvalue weighted by molar-refractivity contribution is 0.0389. The van der Waals surface area contributed by atoms with Crippen molar-refractivity contribution in [1.29, 1.82) is 0 Å². The van der Waals surface area contributed by atoms with E-state index in [1.807, 2.05) is 126 Å². The zero-order valence-electron chi connectivity index (χ0n) is 73.0. The van der Waals surface area contributed by atoms with Gasteiger partial charge in [-0.3, -0.25) is 39.4 Å². The summed E-state index contributed by atoms with van der Waals surface area (Å²) >= 11 is 4.93. The third-order valence-corrected chi connectivity index (χ3v) is 28.4. The van der Waals surface area contributed by atoms with Crippen LogP contribution in [0.2, 0.25) is 0 Å². The maximum absolute atomic E-state index is 13.5. The molecular weight excluding hydrogens is 1640 g/mol. The maximum atomic E-state index is 13.5. The number of aromatic nitrogens is 14.